The van der Waals surface area contributed by atoms with E-state index < -0.39 is 0 Å². The minimum Gasteiger partial charge on any atom is -0.313 e. The smallest absolute Gasteiger partial charge is 0.227 e. The Kier molecular flexibility index (Phi) is 5.15. The minimum atomic E-state index is 0.186. The van der Waals surface area contributed by atoms with E-state index in [-0.39, 0.29) is 5.91 Å². The number of anilines is 1. The van der Waals surface area contributed by atoms with Crippen LogP contribution in [0.2, 0.25) is 0 Å². The fraction of sp³-hybridized carbons (Fsp3) is 0.316. The fourth-order valence-corrected chi connectivity index (χ4v) is 2.64. The largest absolute Gasteiger partial charge is 0.313 e. The molecule has 0 spiro atoms. The molecule has 2 aromatic rings. The first-order chi connectivity index (χ1) is 10.1. The van der Waals surface area contributed by atoms with Crippen LogP contribution in [-0.4, -0.2) is 12.5 Å². The lowest BCUT2D eigenvalue weighted by Gasteiger charge is -2.22. The Morgan fingerprint density at radius 1 is 1.00 bits per heavy atom. The normalized spacial score (nSPS) is 10.4. The van der Waals surface area contributed by atoms with Gasteiger partial charge in [-0.25, -0.2) is 0 Å². The van der Waals surface area contributed by atoms with Crippen LogP contribution in [0.25, 0.3) is 0 Å². The molecule has 0 heterocycles. The van der Waals surface area contributed by atoms with E-state index in [1.165, 1.54) is 16.7 Å². The molecule has 21 heavy (non-hydrogen) atoms. The highest BCUT2D eigenvalue weighted by atomic mass is 16.2. The van der Waals surface area contributed by atoms with Gasteiger partial charge in [-0.2, -0.15) is 0 Å². The molecule has 0 saturated carbocycles. The summed E-state index contributed by atoms with van der Waals surface area (Å²) in [5, 5.41) is 0. The van der Waals surface area contributed by atoms with E-state index in [4.69, 9.17) is 0 Å². The minimum absolute atomic E-state index is 0.186. The van der Waals surface area contributed by atoms with Gasteiger partial charge in [-0.3, -0.25) is 4.79 Å². The lowest BCUT2D eigenvalue weighted by Crippen LogP contribution is -2.30. The molecule has 0 unspecified atom stereocenters. The molecule has 0 atom stereocenters. The van der Waals surface area contributed by atoms with E-state index in [0.717, 1.165) is 12.1 Å². The van der Waals surface area contributed by atoms with E-state index in [0.29, 0.717) is 13.0 Å². The van der Waals surface area contributed by atoms with E-state index in [9.17, 15) is 4.79 Å². The van der Waals surface area contributed by atoms with Crippen LogP contribution in [-0.2, 0) is 11.2 Å². The number of hydrogen-bond donors (Lipinski definition) is 0. The SMILES string of the molecule is CCN(C(=O)CCc1ccccc1)c1cc(C)cc(C)c1. The summed E-state index contributed by atoms with van der Waals surface area (Å²) in [5.74, 6) is 0.186. The molecule has 2 nitrogen and oxygen atoms in total. The summed E-state index contributed by atoms with van der Waals surface area (Å²) in [6.07, 6.45) is 1.34. The van der Waals surface area contributed by atoms with Crippen molar-refractivity contribution in [2.75, 3.05) is 11.4 Å². The third kappa shape index (κ3) is 4.19. The van der Waals surface area contributed by atoms with Gasteiger partial charge in [-0.15, -0.1) is 0 Å². The second-order valence-electron chi connectivity index (χ2n) is 5.47. The molecule has 0 aliphatic carbocycles. The Labute approximate surface area is 127 Å². The van der Waals surface area contributed by atoms with Gasteiger partial charge in [0.1, 0.15) is 0 Å². The van der Waals surface area contributed by atoms with Gasteiger partial charge in [-0.05, 0) is 56.0 Å². The van der Waals surface area contributed by atoms with E-state index >= 15 is 0 Å². The lowest BCUT2D eigenvalue weighted by atomic mass is 10.1. The van der Waals surface area contributed by atoms with E-state index in [1.54, 1.807) is 0 Å². The molecule has 0 saturated heterocycles. The van der Waals surface area contributed by atoms with E-state index in [2.05, 4.69) is 44.2 Å². The highest BCUT2D eigenvalue weighted by molar-refractivity contribution is 5.93. The Morgan fingerprint density at radius 2 is 1.62 bits per heavy atom. The number of benzene rings is 2. The maximum absolute atomic E-state index is 12.5. The zero-order valence-electron chi connectivity index (χ0n) is 13.1. The molecule has 0 aliphatic heterocycles. The van der Waals surface area contributed by atoms with Crippen molar-refractivity contribution in [1.29, 1.82) is 0 Å². The Bertz CT molecular complexity index is 584. The van der Waals surface area contributed by atoms with Crippen molar-refractivity contribution < 1.29 is 4.79 Å². The second kappa shape index (κ2) is 7.07. The van der Waals surface area contributed by atoms with Gasteiger partial charge in [0.05, 0.1) is 0 Å². The number of hydrogen-bond acceptors (Lipinski definition) is 1. The lowest BCUT2D eigenvalue weighted by molar-refractivity contribution is -0.118. The molecule has 2 heteroatoms. The first-order valence-corrected chi connectivity index (χ1v) is 7.52. The molecule has 0 aliphatic rings. The summed E-state index contributed by atoms with van der Waals surface area (Å²) in [4.78, 5) is 14.4. The quantitative estimate of drug-likeness (QED) is 0.800. The summed E-state index contributed by atoms with van der Waals surface area (Å²) in [7, 11) is 0. The number of rotatable bonds is 5. The van der Waals surface area contributed by atoms with Crippen LogP contribution in [0.4, 0.5) is 5.69 Å². The summed E-state index contributed by atoms with van der Waals surface area (Å²) in [5.41, 5.74) is 4.61. The Morgan fingerprint density at radius 3 is 2.19 bits per heavy atom. The van der Waals surface area contributed by atoms with Crippen LogP contribution in [0.15, 0.2) is 48.5 Å². The topological polar surface area (TPSA) is 20.3 Å². The number of amides is 1. The first-order valence-electron chi connectivity index (χ1n) is 7.52. The van der Waals surface area contributed by atoms with Crippen molar-refractivity contribution >= 4 is 11.6 Å². The number of aryl methyl sites for hydroxylation is 3. The monoisotopic (exact) mass is 281 g/mol. The molecule has 0 N–H and O–H groups in total. The van der Waals surface area contributed by atoms with Gasteiger partial charge in [0.25, 0.3) is 0 Å². The molecular weight excluding hydrogens is 258 g/mol. The zero-order chi connectivity index (χ0) is 15.2. The molecule has 1 amide bonds. The highest BCUT2D eigenvalue weighted by Crippen LogP contribution is 2.20. The molecule has 2 aromatic carbocycles. The highest BCUT2D eigenvalue weighted by Gasteiger charge is 2.14. The van der Waals surface area contributed by atoms with Crippen LogP contribution in [0.5, 0.6) is 0 Å². The maximum atomic E-state index is 12.5. The standard InChI is InChI=1S/C19H23NO/c1-4-20(18-13-15(2)12-16(3)14-18)19(21)11-10-17-8-6-5-7-9-17/h5-9,12-14H,4,10-11H2,1-3H3. The van der Waals surface area contributed by atoms with Gasteiger partial charge < -0.3 is 4.90 Å². The summed E-state index contributed by atoms with van der Waals surface area (Å²) in [6, 6.07) is 16.5. The molecule has 0 bridgehead atoms. The number of carbonyl (C=O) groups excluding carboxylic acids is 1. The van der Waals surface area contributed by atoms with Crippen molar-refractivity contribution in [3.8, 4) is 0 Å². The van der Waals surface area contributed by atoms with Gasteiger partial charge in [0, 0.05) is 18.7 Å². The third-order valence-corrected chi connectivity index (χ3v) is 3.61. The van der Waals surface area contributed by atoms with Crippen LogP contribution < -0.4 is 4.90 Å². The fourth-order valence-electron chi connectivity index (χ4n) is 2.64. The summed E-state index contributed by atoms with van der Waals surface area (Å²) < 4.78 is 0. The van der Waals surface area contributed by atoms with Gasteiger partial charge >= 0.3 is 0 Å². The molecular formula is C19H23NO. The average Bonchev–Trinajstić information content (AvgIpc) is 2.46. The van der Waals surface area contributed by atoms with Crippen molar-refractivity contribution in [1.82, 2.24) is 0 Å². The van der Waals surface area contributed by atoms with Crippen LogP contribution >= 0.6 is 0 Å². The number of nitrogens with zero attached hydrogens (tertiary/aromatic N) is 1. The van der Waals surface area contributed by atoms with Gasteiger partial charge in [0.2, 0.25) is 5.91 Å². The Hall–Kier alpha value is -2.09. The van der Waals surface area contributed by atoms with Crippen LogP contribution in [0.3, 0.4) is 0 Å². The predicted molar refractivity (Wildman–Crippen MR) is 88.7 cm³/mol. The van der Waals surface area contributed by atoms with Crippen molar-refractivity contribution in [2.24, 2.45) is 0 Å². The predicted octanol–water partition coefficient (Wildman–Crippen LogP) is 4.29. The second-order valence-corrected chi connectivity index (χ2v) is 5.47. The van der Waals surface area contributed by atoms with E-state index in [1.807, 2.05) is 30.0 Å². The van der Waals surface area contributed by atoms with Crippen molar-refractivity contribution in [3.05, 3.63) is 65.2 Å². The van der Waals surface area contributed by atoms with Gasteiger partial charge in [-0.1, -0.05) is 36.4 Å². The summed E-state index contributed by atoms with van der Waals surface area (Å²) in [6.45, 7) is 6.87. The molecule has 110 valence electrons. The molecule has 0 fully saturated rings. The zero-order valence-corrected chi connectivity index (χ0v) is 13.1. The molecule has 0 aromatic heterocycles. The Balaban J connectivity index is 2.08. The van der Waals surface area contributed by atoms with Crippen LogP contribution in [0.1, 0.15) is 30.0 Å². The molecule has 2 rings (SSSR count). The number of carbonyl (C=O) groups is 1. The van der Waals surface area contributed by atoms with Crippen molar-refractivity contribution in [3.63, 3.8) is 0 Å². The maximum Gasteiger partial charge on any atom is 0.227 e. The third-order valence-electron chi connectivity index (χ3n) is 3.61. The average molecular weight is 281 g/mol. The van der Waals surface area contributed by atoms with Crippen molar-refractivity contribution in [2.45, 2.75) is 33.6 Å². The van der Waals surface area contributed by atoms with Crippen LogP contribution in [0, 0.1) is 13.8 Å². The van der Waals surface area contributed by atoms with Gasteiger partial charge in [0.15, 0.2) is 0 Å². The molecule has 0 radical (unpaired) electrons. The summed E-state index contributed by atoms with van der Waals surface area (Å²) >= 11 is 0. The first kappa shape index (κ1) is 15.3.